The molecule has 5 heteroatoms. The quantitative estimate of drug-likeness (QED) is 0.848. The number of carbonyl (C=O) groups is 1. The fourth-order valence-electron chi connectivity index (χ4n) is 3.02. The van der Waals surface area contributed by atoms with E-state index in [1.807, 2.05) is 25.4 Å². The van der Waals surface area contributed by atoms with E-state index in [2.05, 4.69) is 16.3 Å². The minimum atomic E-state index is 0.0797. The zero-order chi connectivity index (χ0) is 15.2. The summed E-state index contributed by atoms with van der Waals surface area (Å²) in [6, 6.07) is 4.61. The second-order valence-electron chi connectivity index (χ2n) is 6.08. The Labute approximate surface area is 131 Å². The van der Waals surface area contributed by atoms with Gasteiger partial charge in [-0.2, -0.15) is 0 Å². The summed E-state index contributed by atoms with van der Waals surface area (Å²) in [7, 11) is 2.03. The Morgan fingerprint density at radius 1 is 1.48 bits per heavy atom. The number of likely N-dealkylation sites (N-methyl/N-ethyl adjacent to an activating group) is 1. The van der Waals surface area contributed by atoms with E-state index in [9.17, 15) is 9.90 Å². The average Bonchev–Trinajstić information content (AvgIpc) is 3.01. The van der Waals surface area contributed by atoms with Crippen molar-refractivity contribution in [1.29, 1.82) is 0 Å². The van der Waals surface area contributed by atoms with E-state index in [0.717, 1.165) is 25.7 Å². The van der Waals surface area contributed by atoms with E-state index < -0.39 is 0 Å². The van der Waals surface area contributed by atoms with E-state index in [-0.39, 0.29) is 11.9 Å². The molecule has 118 valence electrons. The molecule has 0 aromatic carbocycles. The van der Waals surface area contributed by atoms with Crippen molar-refractivity contribution in [3.05, 3.63) is 22.4 Å². The second-order valence-corrected chi connectivity index (χ2v) is 7.06. The maximum atomic E-state index is 12.1. The highest BCUT2D eigenvalue weighted by molar-refractivity contribution is 7.10. The van der Waals surface area contributed by atoms with Gasteiger partial charge in [0.2, 0.25) is 5.91 Å². The maximum Gasteiger partial charge on any atom is 0.234 e. The van der Waals surface area contributed by atoms with E-state index in [4.69, 9.17) is 0 Å². The number of carbonyl (C=O) groups excluding carboxylic acids is 1. The number of nitrogens with zero attached hydrogens (tertiary/aromatic N) is 1. The Kier molecular flexibility index (Phi) is 6.21. The van der Waals surface area contributed by atoms with Crippen LogP contribution in [0.3, 0.4) is 0 Å². The van der Waals surface area contributed by atoms with Crippen LogP contribution in [0.1, 0.15) is 43.5 Å². The van der Waals surface area contributed by atoms with Gasteiger partial charge in [-0.05, 0) is 57.0 Å². The van der Waals surface area contributed by atoms with Gasteiger partial charge in [-0.3, -0.25) is 9.69 Å². The van der Waals surface area contributed by atoms with Gasteiger partial charge in [-0.15, -0.1) is 11.3 Å². The molecule has 2 rings (SSSR count). The van der Waals surface area contributed by atoms with Crippen LogP contribution in [0, 0.1) is 5.92 Å². The van der Waals surface area contributed by atoms with Crippen molar-refractivity contribution in [1.82, 2.24) is 10.2 Å². The summed E-state index contributed by atoms with van der Waals surface area (Å²) in [6.07, 6.45) is 4.29. The summed E-state index contributed by atoms with van der Waals surface area (Å²) in [5, 5.41) is 14.3. The molecular weight excluding hydrogens is 284 g/mol. The average molecular weight is 310 g/mol. The Hall–Kier alpha value is -0.910. The highest BCUT2D eigenvalue weighted by atomic mass is 32.1. The normalized spacial score (nSPS) is 24.0. The molecule has 0 saturated heterocycles. The molecule has 0 radical (unpaired) electrons. The molecule has 1 amide bonds. The van der Waals surface area contributed by atoms with Gasteiger partial charge in [0.25, 0.3) is 0 Å². The first kappa shape index (κ1) is 16.5. The highest BCUT2D eigenvalue weighted by Crippen LogP contribution is 2.26. The molecule has 1 aliphatic rings. The Morgan fingerprint density at radius 2 is 2.19 bits per heavy atom. The third kappa shape index (κ3) is 4.80. The molecule has 1 aromatic heterocycles. The lowest BCUT2D eigenvalue weighted by Crippen LogP contribution is -2.42. The van der Waals surface area contributed by atoms with Gasteiger partial charge in [-0.25, -0.2) is 0 Å². The van der Waals surface area contributed by atoms with Gasteiger partial charge in [0.15, 0.2) is 0 Å². The smallest absolute Gasteiger partial charge is 0.234 e. The minimum Gasteiger partial charge on any atom is -0.396 e. The number of nitrogens with one attached hydrogen (secondary N) is 1. The van der Waals surface area contributed by atoms with Crippen LogP contribution < -0.4 is 5.32 Å². The lowest BCUT2D eigenvalue weighted by molar-refractivity contribution is -0.123. The topological polar surface area (TPSA) is 52.6 Å². The number of aliphatic hydroxyl groups is 1. The number of thiophene rings is 1. The van der Waals surface area contributed by atoms with E-state index >= 15 is 0 Å². The van der Waals surface area contributed by atoms with E-state index in [1.54, 1.807) is 11.3 Å². The molecule has 0 aliphatic heterocycles. The first-order valence-corrected chi connectivity index (χ1v) is 8.62. The second kappa shape index (κ2) is 7.92. The third-order valence-corrected chi connectivity index (χ3v) is 5.49. The van der Waals surface area contributed by atoms with Crippen LogP contribution in [0.25, 0.3) is 0 Å². The molecule has 0 bridgehead atoms. The molecule has 1 aromatic rings. The minimum absolute atomic E-state index is 0.0797. The molecule has 2 N–H and O–H groups in total. The van der Waals surface area contributed by atoms with Crippen molar-refractivity contribution in [2.24, 2.45) is 5.92 Å². The molecular formula is C16H26N2O2S. The fraction of sp³-hybridized carbons (Fsp3) is 0.688. The van der Waals surface area contributed by atoms with Crippen LogP contribution in [-0.2, 0) is 4.79 Å². The fourth-order valence-corrected chi connectivity index (χ4v) is 3.75. The molecule has 1 atom stereocenters. The molecule has 4 nitrogen and oxygen atoms in total. The number of hydrogen-bond acceptors (Lipinski definition) is 4. The molecule has 21 heavy (non-hydrogen) atoms. The molecule has 1 unspecified atom stereocenters. The Morgan fingerprint density at radius 3 is 2.76 bits per heavy atom. The standard InChI is InChI=1S/C16H26N2O2S/c1-12(15-4-3-9-21-15)17-16(20)10-18(2)14-7-5-13(11-19)6-8-14/h3-4,9,12-14,19H,5-8,10-11H2,1-2H3,(H,17,20). The van der Waals surface area contributed by atoms with Crippen molar-refractivity contribution in [2.75, 3.05) is 20.2 Å². The van der Waals surface area contributed by atoms with Crippen LogP contribution >= 0.6 is 11.3 Å². The van der Waals surface area contributed by atoms with Crippen LogP contribution in [0.4, 0.5) is 0 Å². The van der Waals surface area contributed by atoms with E-state index in [1.165, 1.54) is 4.88 Å². The molecule has 1 fully saturated rings. The first-order valence-electron chi connectivity index (χ1n) is 7.74. The van der Waals surface area contributed by atoms with Crippen LogP contribution in [0.15, 0.2) is 17.5 Å². The van der Waals surface area contributed by atoms with Gasteiger partial charge in [0.05, 0.1) is 12.6 Å². The molecule has 1 saturated carbocycles. The summed E-state index contributed by atoms with van der Waals surface area (Å²) in [4.78, 5) is 15.5. The largest absolute Gasteiger partial charge is 0.396 e. The summed E-state index contributed by atoms with van der Waals surface area (Å²) in [5.74, 6) is 0.546. The number of hydrogen-bond donors (Lipinski definition) is 2. The van der Waals surface area contributed by atoms with Gasteiger partial charge in [0, 0.05) is 17.5 Å². The number of rotatable bonds is 6. The van der Waals surface area contributed by atoms with Crippen molar-refractivity contribution in [3.63, 3.8) is 0 Å². The predicted octanol–water partition coefficient (Wildman–Crippen LogP) is 2.41. The summed E-state index contributed by atoms with van der Waals surface area (Å²) in [5.41, 5.74) is 0. The zero-order valence-electron chi connectivity index (χ0n) is 12.9. The van der Waals surface area contributed by atoms with Crippen LogP contribution in [0.5, 0.6) is 0 Å². The van der Waals surface area contributed by atoms with Crippen LogP contribution in [-0.4, -0.2) is 42.2 Å². The predicted molar refractivity (Wildman–Crippen MR) is 86.3 cm³/mol. The van der Waals surface area contributed by atoms with Gasteiger partial charge in [0.1, 0.15) is 0 Å². The Bertz CT molecular complexity index is 427. The third-order valence-electron chi connectivity index (χ3n) is 4.44. The van der Waals surface area contributed by atoms with Crippen LogP contribution in [0.2, 0.25) is 0 Å². The number of aliphatic hydroxyl groups excluding tert-OH is 1. The summed E-state index contributed by atoms with van der Waals surface area (Å²) >= 11 is 1.67. The van der Waals surface area contributed by atoms with Crippen molar-refractivity contribution >= 4 is 17.2 Å². The molecule has 1 aliphatic carbocycles. The highest BCUT2D eigenvalue weighted by Gasteiger charge is 2.24. The maximum absolute atomic E-state index is 12.1. The van der Waals surface area contributed by atoms with Crippen molar-refractivity contribution in [2.45, 2.75) is 44.7 Å². The number of amides is 1. The van der Waals surface area contributed by atoms with Gasteiger partial charge < -0.3 is 10.4 Å². The van der Waals surface area contributed by atoms with E-state index in [0.29, 0.717) is 25.1 Å². The lowest BCUT2D eigenvalue weighted by Gasteiger charge is -2.33. The summed E-state index contributed by atoms with van der Waals surface area (Å²) in [6.45, 7) is 2.77. The van der Waals surface area contributed by atoms with Crippen molar-refractivity contribution < 1.29 is 9.90 Å². The molecule has 0 spiro atoms. The lowest BCUT2D eigenvalue weighted by atomic mass is 9.86. The monoisotopic (exact) mass is 310 g/mol. The first-order chi connectivity index (χ1) is 10.1. The SMILES string of the molecule is CC(NC(=O)CN(C)C1CCC(CO)CC1)c1cccs1. The molecule has 1 heterocycles. The van der Waals surface area contributed by atoms with Crippen molar-refractivity contribution in [3.8, 4) is 0 Å². The van der Waals surface area contributed by atoms with Gasteiger partial charge >= 0.3 is 0 Å². The summed E-state index contributed by atoms with van der Waals surface area (Å²) < 4.78 is 0. The zero-order valence-corrected chi connectivity index (χ0v) is 13.7. The Balaban J connectivity index is 1.74. The van der Waals surface area contributed by atoms with Gasteiger partial charge in [-0.1, -0.05) is 6.07 Å².